The first-order chi connectivity index (χ1) is 13.8. The molecule has 0 radical (unpaired) electrons. The second kappa shape index (κ2) is 10.7. The van der Waals surface area contributed by atoms with Gasteiger partial charge < -0.3 is 24.6 Å². The van der Waals surface area contributed by atoms with Crippen LogP contribution in [0.2, 0.25) is 5.02 Å². The molecule has 0 aliphatic carbocycles. The Kier molecular flexibility index (Phi) is 8.34. The minimum Gasteiger partial charge on any atom is -0.495 e. The Balaban J connectivity index is 1.74. The number of hydrogen-bond donors (Lipinski definition) is 2. The summed E-state index contributed by atoms with van der Waals surface area (Å²) in [6.45, 7) is 3.14. The van der Waals surface area contributed by atoms with Crippen molar-refractivity contribution in [2.75, 3.05) is 29.2 Å². The zero-order valence-electron chi connectivity index (χ0n) is 16.0. The summed E-state index contributed by atoms with van der Waals surface area (Å²) in [4.78, 5) is 35.9. The van der Waals surface area contributed by atoms with Gasteiger partial charge in [0.25, 0.3) is 5.91 Å². The lowest BCUT2D eigenvalue weighted by atomic mass is 10.2. The number of thioether (sulfide) groups is 1. The third-order valence-corrected chi connectivity index (χ3v) is 4.59. The van der Waals surface area contributed by atoms with Gasteiger partial charge in [0.15, 0.2) is 11.9 Å². The lowest BCUT2D eigenvalue weighted by Gasteiger charge is -2.15. The summed E-state index contributed by atoms with van der Waals surface area (Å²) in [6.07, 6.45) is -1.04. The first kappa shape index (κ1) is 22.6. The molecule has 2 N–H and O–H groups in total. The molecule has 156 valence electrons. The van der Waals surface area contributed by atoms with Crippen molar-refractivity contribution in [3.05, 3.63) is 35.0 Å². The number of amides is 2. The van der Waals surface area contributed by atoms with E-state index in [9.17, 15) is 14.4 Å². The van der Waals surface area contributed by atoms with Crippen LogP contribution in [-0.4, -0.2) is 47.7 Å². The molecule has 0 spiro atoms. The number of hydrogen-bond acceptors (Lipinski definition) is 8. The van der Waals surface area contributed by atoms with Gasteiger partial charge in [-0.3, -0.25) is 14.4 Å². The highest BCUT2D eigenvalue weighted by atomic mass is 35.5. The highest BCUT2D eigenvalue weighted by Crippen LogP contribution is 2.27. The highest BCUT2D eigenvalue weighted by Gasteiger charge is 2.20. The number of aromatic nitrogens is 1. The number of rotatable bonds is 9. The molecule has 2 aromatic rings. The molecule has 2 rings (SSSR count). The fraction of sp³-hybridized carbons (Fsp3) is 0.333. The van der Waals surface area contributed by atoms with Gasteiger partial charge in [-0.05, 0) is 32.0 Å². The molecule has 1 aromatic heterocycles. The van der Waals surface area contributed by atoms with Crippen LogP contribution in [0.3, 0.4) is 0 Å². The Bertz CT molecular complexity index is 888. The summed E-state index contributed by atoms with van der Waals surface area (Å²) >= 11 is 6.97. The number of benzene rings is 1. The number of nitrogens with zero attached hydrogens (tertiary/aromatic N) is 1. The van der Waals surface area contributed by atoms with Crippen molar-refractivity contribution in [1.29, 1.82) is 0 Å². The maximum Gasteiger partial charge on any atom is 0.316 e. The van der Waals surface area contributed by atoms with Crippen molar-refractivity contribution in [2.45, 2.75) is 20.0 Å². The highest BCUT2D eigenvalue weighted by molar-refractivity contribution is 8.00. The van der Waals surface area contributed by atoms with Crippen LogP contribution in [0.15, 0.2) is 28.8 Å². The van der Waals surface area contributed by atoms with Gasteiger partial charge in [0.2, 0.25) is 5.91 Å². The molecule has 0 fully saturated rings. The molecule has 0 saturated carbocycles. The second-order valence-electron chi connectivity index (χ2n) is 5.83. The normalized spacial score (nSPS) is 11.4. The number of methoxy groups -OCH3 is 1. The van der Waals surface area contributed by atoms with Gasteiger partial charge in [-0.25, -0.2) is 0 Å². The molecular formula is C18H20ClN3O6S. The second-order valence-corrected chi connectivity index (χ2v) is 7.25. The Morgan fingerprint density at radius 1 is 1.24 bits per heavy atom. The third kappa shape index (κ3) is 7.31. The van der Waals surface area contributed by atoms with Crippen LogP contribution in [-0.2, 0) is 19.1 Å². The molecule has 0 saturated heterocycles. The summed E-state index contributed by atoms with van der Waals surface area (Å²) < 4.78 is 15.1. The third-order valence-electron chi connectivity index (χ3n) is 3.45. The average molecular weight is 442 g/mol. The number of anilines is 2. The van der Waals surface area contributed by atoms with Crippen LogP contribution in [0.5, 0.6) is 5.75 Å². The molecule has 1 unspecified atom stereocenters. The van der Waals surface area contributed by atoms with Crippen LogP contribution < -0.4 is 15.4 Å². The molecule has 1 atom stereocenters. The number of carbonyl (C=O) groups excluding carboxylic acids is 3. The maximum atomic E-state index is 12.2. The molecule has 2 amide bonds. The minimum atomic E-state index is -1.04. The van der Waals surface area contributed by atoms with Gasteiger partial charge in [0, 0.05) is 11.1 Å². The van der Waals surface area contributed by atoms with Gasteiger partial charge in [-0.15, -0.1) is 11.8 Å². The van der Waals surface area contributed by atoms with Crippen molar-refractivity contribution in [1.82, 2.24) is 5.16 Å². The van der Waals surface area contributed by atoms with Crippen molar-refractivity contribution < 1.29 is 28.4 Å². The topological polar surface area (TPSA) is 120 Å². The molecular weight excluding hydrogens is 422 g/mol. The van der Waals surface area contributed by atoms with Crippen LogP contribution in [0.25, 0.3) is 0 Å². The Hall–Kier alpha value is -2.72. The predicted octanol–water partition coefficient (Wildman–Crippen LogP) is 2.89. The van der Waals surface area contributed by atoms with Gasteiger partial charge in [0.05, 0.1) is 24.3 Å². The molecule has 9 nitrogen and oxygen atoms in total. The average Bonchev–Trinajstić information content (AvgIpc) is 3.06. The van der Waals surface area contributed by atoms with Gasteiger partial charge in [0.1, 0.15) is 11.5 Å². The molecule has 0 aliphatic rings. The van der Waals surface area contributed by atoms with Crippen molar-refractivity contribution in [2.24, 2.45) is 0 Å². The van der Waals surface area contributed by atoms with E-state index in [0.29, 0.717) is 28.0 Å². The van der Waals surface area contributed by atoms with E-state index < -0.39 is 18.0 Å². The number of esters is 1. The van der Waals surface area contributed by atoms with Crippen LogP contribution in [0, 0.1) is 6.92 Å². The van der Waals surface area contributed by atoms with Crippen LogP contribution >= 0.6 is 23.4 Å². The molecule has 0 aliphatic heterocycles. The number of aryl methyl sites for hydroxylation is 1. The van der Waals surface area contributed by atoms with Gasteiger partial charge >= 0.3 is 5.97 Å². The van der Waals surface area contributed by atoms with E-state index in [4.69, 9.17) is 25.6 Å². The smallest absolute Gasteiger partial charge is 0.316 e. The first-order valence-corrected chi connectivity index (χ1v) is 9.96. The summed E-state index contributed by atoms with van der Waals surface area (Å²) in [5.41, 5.74) is 0.363. The number of halogens is 1. The van der Waals surface area contributed by atoms with E-state index in [1.165, 1.54) is 20.1 Å². The SMILES string of the molecule is COc1ccc(Cl)cc1NC(=O)C(C)OC(=O)CSCC(=O)Nc1cc(C)on1. The number of carbonyl (C=O) groups is 3. The Morgan fingerprint density at radius 3 is 2.66 bits per heavy atom. The van der Waals surface area contributed by atoms with Crippen LogP contribution in [0.4, 0.5) is 11.5 Å². The summed E-state index contributed by atoms with van der Waals surface area (Å²) in [7, 11) is 1.46. The minimum absolute atomic E-state index is 0.0152. The Labute approximate surface area is 176 Å². The zero-order chi connectivity index (χ0) is 21.4. The monoisotopic (exact) mass is 441 g/mol. The van der Waals surface area contributed by atoms with Crippen molar-refractivity contribution in [3.63, 3.8) is 0 Å². The fourth-order valence-electron chi connectivity index (χ4n) is 2.13. The first-order valence-electron chi connectivity index (χ1n) is 8.43. The van der Waals surface area contributed by atoms with E-state index in [0.717, 1.165) is 11.8 Å². The Morgan fingerprint density at radius 2 is 2.00 bits per heavy atom. The summed E-state index contributed by atoms with van der Waals surface area (Å²) in [5, 5.41) is 9.19. The molecule has 0 bridgehead atoms. The summed E-state index contributed by atoms with van der Waals surface area (Å²) in [5.74, 6) is -0.287. The number of ether oxygens (including phenoxy) is 2. The van der Waals surface area contributed by atoms with Crippen molar-refractivity contribution >= 4 is 52.7 Å². The number of nitrogens with one attached hydrogen (secondary N) is 2. The van der Waals surface area contributed by atoms with E-state index in [-0.39, 0.29) is 17.4 Å². The maximum absolute atomic E-state index is 12.2. The van der Waals surface area contributed by atoms with E-state index in [1.54, 1.807) is 25.1 Å². The van der Waals surface area contributed by atoms with Gasteiger partial charge in [-0.1, -0.05) is 16.8 Å². The summed E-state index contributed by atoms with van der Waals surface area (Å²) in [6, 6.07) is 6.33. The molecule has 1 heterocycles. The largest absolute Gasteiger partial charge is 0.495 e. The lowest BCUT2D eigenvalue weighted by molar-refractivity contribution is -0.150. The molecule has 11 heteroatoms. The van der Waals surface area contributed by atoms with Gasteiger partial charge in [-0.2, -0.15) is 0 Å². The van der Waals surface area contributed by atoms with E-state index >= 15 is 0 Å². The van der Waals surface area contributed by atoms with Crippen molar-refractivity contribution in [3.8, 4) is 5.75 Å². The quantitative estimate of drug-likeness (QED) is 0.570. The fourth-order valence-corrected chi connectivity index (χ4v) is 2.89. The van der Waals surface area contributed by atoms with Crippen LogP contribution in [0.1, 0.15) is 12.7 Å². The molecule has 29 heavy (non-hydrogen) atoms. The standard InChI is InChI=1S/C18H20ClN3O6S/c1-10-6-15(22-28-10)21-16(23)8-29-9-17(24)27-11(2)18(25)20-13-7-12(19)4-5-14(13)26-3/h4-7,11H,8-9H2,1-3H3,(H,20,25)(H,21,22,23). The predicted molar refractivity (Wildman–Crippen MR) is 109 cm³/mol. The van der Waals surface area contributed by atoms with E-state index in [1.807, 2.05) is 0 Å². The lowest BCUT2D eigenvalue weighted by Crippen LogP contribution is -2.30. The molecule has 1 aromatic carbocycles. The van der Waals surface area contributed by atoms with E-state index in [2.05, 4.69) is 15.8 Å². The zero-order valence-corrected chi connectivity index (χ0v) is 17.6.